The van der Waals surface area contributed by atoms with Gasteiger partial charge in [0.25, 0.3) is 0 Å². The Kier molecular flexibility index (Phi) is 3.21. The van der Waals surface area contributed by atoms with Gasteiger partial charge >= 0.3 is 0 Å². The van der Waals surface area contributed by atoms with E-state index in [-0.39, 0.29) is 0 Å². The summed E-state index contributed by atoms with van der Waals surface area (Å²) < 4.78 is 7.05. The summed E-state index contributed by atoms with van der Waals surface area (Å²) in [5.41, 5.74) is 3.69. The molecule has 3 heterocycles. The van der Waals surface area contributed by atoms with Crippen molar-refractivity contribution < 1.29 is 4.74 Å². The summed E-state index contributed by atoms with van der Waals surface area (Å²) in [6, 6.07) is 20.0. The van der Waals surface area contributed by atoms with Gasteiger partial charge in [-0.2, -0.15) is 0 Å². The third-order valence-electron chi connectivity index (χ3n) is 4.24. The smallest absolute Gasteiger partial charge is 0.162 e. The van der Waals surface area contributed by atoms with Crippen molar-refractivity contribution in [2.45, 2.75) is 0 Å². The Morgan fingerprint density at radius 2 is 1.32 bits per heavy atom. The molecule has 2 aromatic heterocycles. The Bertz CT molecular complexity index is 1060. The van der Waals surface area contributed by atoms with Gasteiger partial charge in [0, 0.05) is 16.9 Å². The van der Waals surface area contributed by atoms with Crippen molar-refractivity contribution in [1.29, 1.82) is 0 Å². The number of fused-ring (bicyclic) bond motifs is 3. The lowest BCUT2D eigenvalue weighted by Crippen LogP contribution is -2.16. The summed E-state index contributed by atoms with van der Waals surface area (Å²) >= 11 is 3.66. The fraction of sp³-hybridized carbons (Fsp3) is 0. The molecule has 25 heavy (non-hydrogen) atoms. The van der Waals surface area contributed by atoms with Crippen LogP contribution in [0.1, 0.15) is 0 Å². The second kappa shape index (κ2) is 5.57. The minimum Gasteiger partial charge on any atom is -0.453 e. The molecule has 0 radical (unpaired) electrons. The quantitative estimate of drug-likeness (QED) is 0.354. The van der Waals surface area contributed by atoms with Crippen LogP contribution in [0.25, 0.3) is 11.0 Å². The van der Waals surface area contributed by atoms with E-state index in [4.69, 9.17) is 4.74 Å². The summed E-state index contributed by atoms with van der Waals surface area (Å²) in [4.78, 5) is 11.0. The minimum absolute atomic E-state index is 0.702. The number of pyridine rings is 2. The zero-order valence-electron chi connectivity index (χ0n) is 13.1. The fourth-order valence-electron chi connectivity index (χ4n) is 3.18. The van der Waals surface area contributed by atoms with E-state index in [2.05, 4.69) is 42.9 Å². The number of benzene rings is 2. The monoisotopic (exact) mass is 389 g/mol. The molecule has 4 aromatic rings. The van der Waals surface area contributed by atoms with Crippen LogP contribution in [0.3, 0.4) is 0 Å². The van der Waals surface area contributed by atoms with E-state index in [0.29, 0.717) is 5.65 Å². The minimum atomic E-state index is 0.702. The van der Waals surface area contributed by atoms with E-state index in [9.17, 15) is 0 Å². The number of hydrogen-bond donors (Lipinski definition) is 0. The predicted octanol–water partition coefficient (Wildman–Crippen LogP) is 5.97. The summed E-state index contributed by atoms with van der Waals surface area (Å²) in [7, 11) is 0. The molecule has 1 aliphatic heterocycles. The van der Waals surface area contributed by atoms with Crippen LogP contribution in [-0.2, 0) is 0 Å². The van der Waals surface area contributed by atoms with Crippen molar-refractivity contribution in [3.63, 3.8) is 0 Å². The number of rotatable bonds is 1. The second-order valence-electron chi connectivity index (χ2n) is 5.69. The molecule has 0 fully saturated rings. The molecule has 0 saturated heterocycles. The number of nitrogens with zero attached hydrogens (tertiary/aromatic N) is 3. The topological polar surface area (TPSA) is 38.2 Å². The van der Waals surface area contributed by atoms with Crippen LogP contribution in [0.5, 0.6) is 11.5 Å². The van der Waals surface area contributed by atoms with E-state index in [1.165, 1.54) is 0 Å². The van der Waals surface area contributed by atoms with Gasteiger partial charge < -0.3 is 9.64 Å². The van der Waals surface area contributed by atoms with Gasteiger partial charge in [-0.15, -0.1) is 0 Å². The average molecular weight is 390 g/mol. The average Bonchev–Trinajstić information content (AvgIpc) is 2.66. The van der Waals surface area contributed by atoms with Crippen molar-refractivity contribution in [3.8, 4) is 11.5 Å². The van der Waals surface area contributed by atoms with Gasteiger partial charge in [0.2, 0.25) is 0 Å². The van der Waals surface area contributed by atoms with E-state index < -0.39 is 0 Å². The van der Waals surface area contributed by atoms with Crippen LogP contribution >= 0.6 is 15.9 Å². The predicted molar refractivity (Wildman–Crippen MR) is 102 cm³/mol. The highest BCUT2D eigenvalue weighted by molar-refractivity contribution is 9.10. The zero-order valence-corrected chi connectivity index (χ0v) is 14.6. The number of halogens is 1. The van der Waals surface area contributed by atoms with Crippen LogP contribution in [-0.4, -0.2) is 9.97 Å². The molecule has 0 bridgehead atoms. The summed E-state index contributed by atoms with van der Waals surface area (Å²) in [6.45, 7) is 0. The molecule has 2 aromatic carbocycles. The van der Waals surface area contributed by atoms with Crippen molar-refractivity contribution >= 4 is 44.0 Å². The van der Waals surface area contributed by atoms with Crippen molar-refractivity contribution in [1.82, 2.24) is 9.97 Å². The van der Waals surface area contributed by atoms with Gasteiger partial charge in [-0.1, -0.05) is 24.3 Å². The molecule has 0 N–H and O–H groups in total. The molecular weight excluding hydrogens is 378 g/mol. The fourth-order valence-corrected chi connectivity index (χ4v) is 3.67. The van der Waals surface area contributed by atoms with Gasteiger partial charge in [0.05, 0.1) is 22.4 Å². The molecule has 0 spiro atoms. The third-order valence-corrected chi connectivity index (χ3v) is 4.90. The van der Waals surface area contributed by atoms with Crippen LogP contribution in [0.2, 0.25) is 0 Å². The van der Waals surface area contributed by atoms with Crippen LogP contribution in [0.4, 0.5) is 17.1 Å². The Morgan fingerprint density at radius 1 is 0.720 bits per heavy atom. The SMILES string of the molecule is Brc1ccnc2nccc(N3c4ccccc4Oc4ccccc43)c12. The first kappa shape index (κ1) is 14.4. The van der Waals surface area contributed by atoms with Gasteiger partial charge in [-0.25, -0.2) is 9.97 Å². The highest BCUT2D eigenvalue weighted by atomic mass is 79.9. The molecule has 0 saturated carbocycles. The normalized spacial score (nSPS) is 12.4. The van der Waals surface area contributed by atoms with E-state index in [1.807, 2.05) is 48.5 Å². The maximum absolute atomic E-state index is 6.09. The maximum atomic E-state index is 6.09. The van der Waals surface area contributed by atoms with Crippen LogP contribution in [0, 0.1) is 0 Å². The Balaban J connectivity index is 1.87. The highest BCUT2D eigenvalue weighted by Crippen LogP contribution is 2.51. The highest BCUT2D eigenvalue weighted by Gasteiger charge is 2.27. The second-order valence-corrected chi connectivity index (χ2v) is 6.55. The first-order valence-corrected chi connectivity index (χ1v) is 8.67. The summed E-state index contributed by atoms with van der Waals surface area (Å²) in [5, 5.41) is 0.969. The lowest BCUT2D eigenvalue weighted by Gasteiger charge is -2.33. The molecule has 0 atom stereocenters. The molecule has 0 aliphatic carbocycles. The van der Waals surface area contributed by atoms with Gasteiger partial charge in [-0.05, 0) is 52.3 Å². The molecule has 5 rings (SSSR count). The molecule has 5 heteroatoms. The first-order chi connectivity index (χ1) is 12.3. The Morgan fingerprint density at radius 3 is 2.00 bits per heavy atom. The number of para-hydroxylation sites is 4. The largest absolute Gasteiger partial charge is 0.453 e. The van der Waals surface area contributed by atoms with Gasteiger partial charge in [0.15, 0.2) is 17.1 Å². The van der Waals surface area contributed by atoms with E-state index >= 15 is 0 Å². The number of hydrogen-bond acceptors (Lipinski definition) is 4. The Hall–Kier alpha value is -2.92. The van der Waals surface area contributed by atoms with Crippen LogP contribution in [0.15, 0.2) is 77.5 Å². The maximum Gasteiger partial charge on any atom is 0.162 e. The van der Waals surface area contributed by atoms with E-state index in [0.717, 1.165) is 38.4 Å². The van der Waals surface area contributed by atoms with Crippen molar-refractivity contribution in [2.75, 3.05) is 4.90 Å². The summed E-state index contributed by atoms with van der Waals surface area (Å²) in [5.74, 6) is 1.65. The molecule has 0 unspecified atom stereocenters. The van der Waals surface area contributed by atoms with E-state index in [1.54, 1.807) is 12.4 Å². The molecule has 1 aliphatic rings. The first-order valence-electron chi connectivity index (χ1n) is 7.88. The standard InChI is InChI=1S/C20H12BrN3O/c21-13-9-11-22-20-19(13)16(10-12-23-20)24-14-5-1-3-7-17(14)25-18-8-4-2-6-15(18)24/h1-12H. The number of anilines is 3. The zero-order chi connectivity index (χ0) is 16.8. The van der Waals surface area contributed by atoms with Crippen LogP contribution < -0.4 is 9.64 Å². The third kappa shape index (κ3) is 2.20. The lowest BCUT2D eigenvalue weighted by atomic mass is 10.1. The molecular formula is C20H12BrN3O. The Labute approximate surface area is 152 Å². The number of aromatic nitrogens is 2. The van der Waals surface area contributed by atoms with Crippen molar-refractivity contribution in [2.24, 2.45) is 0 Å². The van der Waals surface area contributed by atoms with Gasteiger partial charge in [-0.3, -0.25) is 0 Å². The molecule has 4 nitrogen and oxygen atoms in total. The molecule has 0 amide bonds. The van der Waals surface area contributed by atoms with Gasteiger partial charge in [0.1, 0.15) is 0 Å². The lowest BCUT2D eigenvalue weighted by molar-refractivity contribution is 0.477. The number of ether oxygens (including phenoxy) is 1. The van der Waals surface area contributed by atoms with Crippen molar-refractivity contribution in [3.05, 3.63) is 77.5 Å². The summed E-state index contributed by atoms with van der Waals surface area (Å²) in [6.07, 6.45) is 3.54. The molecule has 120 valence electrons.